The summed E-state index contributed by atoms with van der Waals surface area (Å²) in [4.78, 5) is 0. The topological polar surface area (TPSA) is 9.23 Å². The van der Waals surface area contributed by atoms with Crippen molar-refractivity contribution in [3.05, 3.63) is 53.1 Å². The van der Waals surface area contributed by atoms with Crippen molar-refractivity contribution in [3.63, 3.8) is 0 Å². The second kappa shape index (κ2) is 8.97. The molecule has 0 bridgehead atoms. The van der Waals surface area contributed by atoms with Gasteiger partial charge >= 0.3 is 0 Å². The first kappa shape index (κ1) is 20.7. The average Bonchev–Trinajstić information content (AvgIpc) is 2.69. The molecule has 0 radical (unpaired) electrons. The van der Waals surface area contributed by atoms with E-state index in [0.717, 1.165) is 44.2 Å². The van der Waals surface area contributed by atoms with Crippen LogP contribution in [0.25, 0.3) is 11.1 Å². The van der Waals surface area contributed by atoms with E-state index in [-0.39, 0.29) is 29.4 Å². The molecule has 2 aromatic carbocycles. The lowest BCUT2D eigenvalue weighted by Gasteiger charge is -2.29. The Hall–Kier alpha value is -2.04. The molecule has 0 atom stereocenters. The Morgan fingerprint density at radius 3 is 2.21 bits per heavy atom. The molecule has 1 aliphatic carbocycles. The molecular weight excluding hydrogens is 368 g/mol. The van der Waals surface area contributed by atoms with Crippen LogP contribution in [0.4, 0.5) is 17.6 Å². The molecule has 0 aliphatic heterocycles. The molecule has 0 spiro atoms. The molecule has 1 saturated carbocycles. The van der Waals surface area contributed by atoms with Gasteiger partial charge in [-0.15, -0.1) is 0 Å². The lowest BCUT2D eigenvalue weighted by Crippen LogP contribution is -2.14. The van der Waals surface area contributed by atoms with Crippen LogP contribution in [0.1, 0.15) is 63.9 Å². The van der Waals surface area contributed by atoms with E-state index < -0.39 is 23.3 Å². The summed E-state index contributed by atoms with van der Waals surface area (Å²) in [6, 6.07) is 4.60. The van der Waals surface area contributed by atoms with Crippen molar-refractivity contribution in [3.8, 4) is 16.9 Å². The van der Waals surface area contributed by atoms with Crippen molar-refractivity contribution in [1.82, 2.24) is 0 Å². The van der Waals surface area contributed by atoms with Crippen LogP contribution in [0.2, 0.25) is 0 Å². The summed E-state index contributed by atoms with van der Waals surface area (Å²) in [5.41, 5.74) is -0.251. The molecule has 1 fully saturated rings. The predicted molar refractivity (Wildman–Crippen MR) is 102 cm³/mol. The minimum absolute atomic E-state index is 0.0291. The number of halogens is 4. The molecule has 3 rings (SSSR count). The smallest absolute Gasteiger partial charge is 0.201 e. The van der Waals surface area contributed by atoms with E-state index in [1.165, 1.54) is 18.6 Å². The van der Waals surface area contributed by atoms with Crippen molar-refractivity contribution in [2.24, 2.45) is 5.92 Å². The molecule has 0 N–H and O–H groups in total. The molecule has 0 unspecified atom stereocenters. The third kappa shape index (κ3) is 4.18. The van der Waals surface area contributed by atoms with Crippen LogP contribution in [-0.2, 0) is 0 Å². The zero-order valence-electron chi connectivity index (χ0n) is 16.3. The van der Waals surface area contributed by atoms with Crippen LogP contribution in [-0.4, -0.2) is 6.61 Å². The second-order valence-electron chi connectivity index (χ2n) is 7.53. The summed E-state index contributed by atoms with van der Waals surface area (Å²) in [5, 5.41) is 0. The molecule has 152 valence electrons. The average molecular weight is 394 g/mol. The first-order valence-electron chi connectivity index (χ1n) is 10.1. The Morgan fingerprint density at radius 1 is 0.857 bits per heavy atom. The SMILES string of the molecule is CCCC1CCC(c2cc(F)c(-c3ccc(OCC)c(F)c3F)cc2F)CC1. The highest BCUT2D eigenvalue weighted by Gasteiger charge is 2.26. The van der Waals surface area contributed by atoms with Crippen LogP contribution in [0, 0.1) is 29.2 Å². The van der Waals surface area contributed by atoms with E-state index in [2.05, 4.69) is 6.92 Å². The van der Waals surface area contributed by atoms with E-state index in [4.69, 9.17) is 4.74 Å². The lowest BCUT2D eigenvalue weighted by atomic mass is 9.77. The van der Waals surface area contributed by atoms with Gasteiger partial charge in [0.05, 0.1) is 6.61 Å². The molecule has 0 aromatic heterocycles. The van der Waals surface area contributed by atoms with Crippen LogP contribution < -0.4 is 4.74 Å². The molecular formula is C23H26F4O. The Kier molecular flexibility index (Phi) is 6.63. The lowest BCUT2D eigenvalue weighted by molar-refractivity contribution is 0.304. The Bertz CT molecular complexity index is 826. The van der Waals surface area contributed by atoms with Crippen molar-refractivity contribution in [2.75, 3.05) is 6.61 Å². The van der Waals surface area contributed by atoms with Gasteiger partial charge in [-0.05, 0) is 74.3 Å². The normalized spacial score (nSPS) is 19.6. The summed E-state index contributed by atoms with van der Waals surface area (Å²) in [6.07, 6.45) is 5.99. The molecule has 28 heavy (non-hydrogen) atoms. The molecule has 0 heterocycles. The number of ether oxygens (including phenoxy) is 1. The van der Waals surface area contributed by atoms with Gasteiger partial charge in [-0.3, -0.25) is 0 Å². The van der Waals surface area contributed by atoms with Crippen LogP contribution in [0.3, 0.4) is 0 Å². The van der Waals surface area contributed by atoms with Crippen molar-refractivity contribution in [2.45, 2.75) is 58.3 Å². The van der Waals surface area contributed by atoms with Crippen LogP contribution in [0.15, 0.2) is 24.3 Å². The van der Waals surface area contributed by atoms with Crippen molar-refractivity contribution in [1.29, 1.82) is 0 Å². The molecule has 0 amide bonds. The van der Waals surface area contributed by atoms with E-state index >= 15 is 0 Å². The summed E-state index contributed by atoms with van der Waals surface area (Å²) < 4.78 is 63.0. The fraction of sp³-hybridized carbons (Fsp3) is 0.478. The van der Waals surface area contributed by atoms with Gasteiger partial charge in [-0.1, -0.05) is 19.8 Å². The number of rotatable bonds is 6. The van der Waals surface area contributed by atoms with Gasteiger partial charge in [-0.25, -0.2) is 13.2 Å². The number of hydrogen-bond acceptors (Lipinski definition) is 1. The molecule has 1 nitrogen and oxygen atoms in total. The zero-order valence-corrected chi connectivity index (χ0v) is 16.3. The second-order valence-corrected chi connectivity index (χ2v) is 7.53. The van der Waals surface area contributed by atoms with E-state index in [9.17, 15) is 17.6 Å². The van der Waals surface area contributed by atoms with E-state index in [1.807, 2.05) is 0 Å². The first-order valence-corrected chi connectivity index (χ1v) is 10.1. The number of benzene rings is 2. The summed E-state index contributed by atoms with van der Waals surface area (Å²) in [5.74, 6) is -3.36. The molecule has 1 aliphatic rings. The molecule has 0 saturated heterocycles. The minimum atomic E-state index is -1.24. The van der Waals surface area contributed by atoms with Gasteiger partial charge in [0, 0.05) is 11.1 Å². The maximum absolute atomic E-state index is 14.8. The molecule has 5 heteroatoms. The highest BCUT2D eigenvalue weighted by atomic mass is 19.2. The van der Waals surface area contributed by atoms with Gasteiger partial charge in [0.2, 0.25) is 5.82 Å². The summed E-state index contributed by atoms with van der Waals surface area (Å²) in [7, 11) is 0. The fourth-order valence-corrected chi connectivity index (χ4v) is 4.26. The van der Waals surface area contributed by atoms with Gasteiger partial charge in [0.1, 0.15) is 11.6 Å². The standard InChI is InChI=1S/C23H26F4O/c1-3-5-14-6-8-15(9-7-14)17-12-20(25)18(13-19(17)24)16-10-11-21(28-4-2)23(27)22(16)26/h10-15H,3-9H2,1-2H3. The third-order valence-electron chi connectivity index (χ3n) is 5.71. The van der Waals surface area contributed by atoms with Crippen LogP contribution in [0.5, 0.6) is 5.75 Å². The van der Waals surface area contributed by atoms with Gasteiger partial charge < -0.3 is 4.74 Å². The van der Waals surface area contributed by atoms with Gasteiger partial charge in [0.15, 0.2) is 11.6 Å². The highest BCUT2D eigenvalue weighted by Crippen LogP contribution is 2.40. The predicted octanol–water partition coefficient (Wildman–Crippen LogP) is 7.38. The Morgan fingerprint density at radius 2 is 1.57 bits per heavy atom. The van der Waals surface area contributed by atoms with Crippen LogP contribution >= 0.6 is 0 Å². The van der Waals surface area contributed by atoms with E-state index in [0.29, 0.717) is 11.5 Å². The molecule has 2 aromatic rings. The van der Waals surface area contributed by atoms with Gasteiger partial charge in [0.25, 0.3) is 0 Å². The van der Waals surface area contributed by atoms with Crippen molar-refractivity contribution < 1.29 is 22.3 Å². The Labute approximate surface area is 163 Å². The van der Waals surface area contributed by atoms with Gasteiger partial charge in [-0.2, -0.15) is 4.39 Å². The highest BCUT2D eigenvalue weighted by molar-refractivity contribution is 5.66. The van der Waals surface area contributed by atoms with Crippen molar-refractivity contribution >= 4 is 0 Å². The maximum atomic E-state index is 14.8. The summed E-state index contributed by atoms with van der Waals surface area (Å²) >= 11 is 0. The Balaban J connectivity index is 1.88. The monoisotopic (exact) mass is 394 g/mol. The quantitative estimate of drug-likeness (QED) is 0.464. The summed E-state index contributed by atoms with van der Waals surface area (Å²) in [6.45, 7) is 3.98. The maximum Gasteiger partial charge on any atom is 0.201 e. The first-order chi connectivity index (χ1) is 13.5. The minimum Gasteiger partial charge on any atom is -0.491 e. The largest absolute Gasteiger partial charge is 0.491 e. The third-order valence-corrected chi connectivity index (χ3v) is 5.71. The number of hydrogen-bond donors (Lipinski definition) is 0. The fourth-order valence-electron chi connectivity index (χ4n) is 4.26. The van der Waals surface area contributed by atoms with E-state index in [1.54, 1.807) is 6.92 Å². The zero-order chi connectivity index (χ0) is 20.3.